The summed E-state index contributed by atoms with van der Waals surface area (Å²) in [6.07, 6.45) is 0. The lowest BCUT2D eigenvalue weighted by molar-refractivity contribution is 0.101. The van der Waals surface area contributed by atoms with Gasteiger partial charge in [-0.3, -0.25) is 14.3 Å². The van der Waals surface area contributed by atoms with Gasteiger partial charge in [0.2, 0.25) is 5.43 Å². The third-order valence-electron chi connectivity index (χ3n) is 3.63. The number of rotatable bonds is 2. The molecule has 1 aromatic heterocycles. The highest BCUT2D eigenvalue weighted by atomic mass is 35.5. The lowest BCUT2D eigenvalue weighted by atomic mass is 10.1. The average Bonchev–Trinajstić information content (AvgIpc) is 2.55. The van der Waals surface area contributed by atoms with E-state index < -0.39 is 11.3 Å². The highest BCUT2D eigenvalue weighted by Gasteiger charge is 2.18. The van der Waals surface area contributed by atoms with Crippen molar-refractivity contribution in [3.8, 4) is 0 Å². The van der Waals surface area contributed by atoms with Crippen LogP contribution in [-0.4, -0.2) is 15.7 Å². The minimum atomic E-state index is -0.636. The van der Waals surface area contributed by atoms with Crippen LogP contribution in [0.15, 0.2) is 41.2 Å². The molecule has 0 saturated heterocycles. The van der Waals surface area contributed by atoms with Crippen LogP contribution in [-0.2, 0) is 7.05 Å². The van der Waals surface area contributed by atoms with Crippen LogP contribution < -0.4 is 10.7 Å². The van der Waals surface area contributed by atoms with Gasteiger partial charge in [0.15, 0.2) is 5.69 Å². The normalized spacial score (nSPS) is 10.8. The lowest BCUT2D eigenvalue weighted by Gasteiger charge is -2.10. The van der Waals surface area contributed by atoms with Crippen molar-refractivity contribution in [3.63, 3.8) is 0 Å². The Labute approximate surface area is 147 Å². The predicted octanol–water partition coefficient (Wildman–Crippen LogP) is 3.80. The van der Waals surface area contributed by atoms with Gasteiger partial charge in [-0.15, -0.1) is 0 Å². The maximum atomic E-state index is 12.6. The molecule has 0 atom stereocenters. The maximum absolute atomic E-state index is 12.6. The third-order valence-corrected chi connectivity index (χ3v) is 4.44. The molecule has 0 spiro atoms. The van der Waals surface area contributed by atoms with Crippen molar-refractivity contribution in [3.05, 3.63) is 67.9 Å². The van der Waals surface area contributed by atoms with Crippen molar-refractivity contribution in [2.45, 2.75) is 6.92 Å². The first-order valence-corrected chi connectivity index (χ1v) is 7.87. The molecule has 0 aliphatic carbocycles. The molecule has 3 rings (SSSR count). The van der Waals surface area contributed by atoms with Gasteiger partial charge in [-0.1, -0.05) is 40.9 Å². The second kappa shape index (κ2) is 6.26. The summed E-state index contributed by atoms with van der Waals surface area (Å²) < 4.78 is 1.50. The van der Waals surface area contributed by atoms with Gasteiger partial charge in [-0.05, 0) is 31.2 Å². The minimum Gasteiger partial charge on any atom is -0.319 e. The zero-order valence-electron chi connectivity index (χ0n) is 12.9. The summed E-state index contributed by atoms with van der Waals surface area (Å²) in [6.45, 7) is 1.88. The molecule has 0 unspecified atom stereocenters. The summed E-state index contributed by atoms with van der Waals surface area (Å²) >= 11 is 12.0. The Balaban J connectivity index is 2.09. The fraction of sp³-hybridized carbons (Fsp3) is 0.118. The molecule has 0 bridgehead atoms. The van der Waals surface area contributed by atoms with Gasteiger partial charge >= 0.3 is 0 Å². The first-order chi connectivity index (χ1) is 11.4. The topological polar surface area (TPSA) is 64.0 Å². The van der Waals surface area contributed by atoms with E-state index in [1.165, 1.54) is 4.68 Å². The second-order valence-electron chi connectivity index (χ2n) is 5.38. The Morgan fingerprint density at radius 1 is 1.21 bits per heavy atom. The number of benzene rings is 2. The van der Waals surface area contributed by atoms with E-state index in [1.54, 1.807) is 37.4 Å². The number of anilines is 1. The highest BCUT2D eigenvalue weighted by Crippen LogP contribution is 2.29. The number of hydrogen-bond acceptors (Lipinski definition) is 3. The molecule has 0 aliphatic rings. The maximum Gasteiger partial charge on any atom is 0.280 e. The minimum absolute atomic E-state index is 0.202. The molecular formula is C17H13Cl2N3O2. The van der Waals surface area contributed by atoms with Gasteiger partial charge in [0.05, 0.1) is 26.6 Å². The van der Waals surface area contributed by atoms with E-state index in [4.69, 9.17) is 23.2 Å². The number of carbonyl (C=O) groups excluding carboxylic acids is 1. The van der Waals surface area contributed by atoms with E-state index in [-0.39, 0.29) is 10.7 Å². The predicted molar refractivity (Wildman–Crippen MR) is 96.1 cm³/mol. The van der Waals surface area contributed by atoms with Gasteiger partial charge in [0, 0.05) is 7.05 Å². The first-order valence-electron chi connectivity index (χ1n) is 7.11. The zero-order chi connectivity index (χ0) is 17.4. The van der Waals surface area contributed by atoms with Crippen LogP contribution in [0.25, 0.3) is 10.9 Å². The summed E-state index contributed by atoms with van der Waals surface area (Å²) in [6, 6.07) is 10.3. The number of amides is 1. The fourth-order valence-electron chi connectivity index (χ4n) is 2.42. The summed E-state index contributed by atoms with van der Waals surface area (Å²) in [5, 5.41) is 7.64. The number of hydrogen-bond donors (Lipinski definition) is 1. The lowest BCUT2D eigenvalue weighted by Crippen LogP contribution is -2.26. The number of nitrogens with zero attached hydrogens (tertiary/aromatic N) is 2. The standard InChI is InChI=1S/C17H13Cl2N3O2/c1-9-6-7-13-10(8-9)16(23)15(21-22(13)2)17(24)20-12-5-3-4-11(18)14(12)19/h3-8H,1-2H3,(H,20,24). The van der Waals surface area contributed by atoms with Crippen molar-refractivity contribution in [2.24, 2.45) is 7.05 Å². The molecule has 1 N–H and O–H groups in total. The van der Waals surface area contributed by atoms with Crippen LogP contribution >= 0.6 is 23.2 Å². The van der Waals surface area contributed by atoms with E-state index in [1.807, 2.05) is 13.0 Å². The van der Waals surface area contributed by atoms with Crippen molar-refractivity contribution >= 4 is 45.7 Å². The smallest absolute Gasteiger partial charge is 0.280 e. The monoisotopic (exact) mass is 361 g/mol. The first kappa shape index (κ1) is 16.5. The van der Waals surface area contributed by atoms with E-state index in [0.29, 0.717) is 21.6 Å². The summed E-state index contributed by atoms with van der Waals surface area (Å²) in [5.41, 5.74) is 1.27. The Kier molecular flexibility index (Phi) is 4.30. The van der Waals surface area contributed by atoms with Crippen LogP contribution in [0.5, 0.6) is 0 Å². The molecule has 0 aliphatic heterocycles. The van der Waals surface area contributed by atoms with Crippen molar-refractivity contribution < 1.29 is 4.79 Å². The number of aryl methyl sites for hydroxylation is 2. The Hall–Kier alpha value is -2.37. The Morgan fingerprint density at radius 2 is 1.96 bits per heavy atom. The Morgan fingerprint density at radius 3 is 2.71 bits per heavy atom. The summed E-state index contributed by atoms with van der Waals surface area (Å²) in [4.78, 5) is 25.1. The van der Waals surface area contributed by atoms with Gasteiger partial charge < -0.3 is 5.32 Å². The largest absolute Gasteiger partial charge is 0.319 e. The summed E-state index contributed by atoms with van der Waals surface area (Å²) in [7, 11) is 1.68. The molecule has 24 heavy (non-hydrogen) atoms. The van der Waals surface area contributed by atoms with Crippen LogP contribution in [0.2, 0.25) is 10.0 Å². The molecular weight excluding hydrogens is 349 g/mol. The SMILES string of the molecule is Cc1ccc2c(c1)c(=O)c(C(=O)Nc1cccc(Cl)c1Cl)nn2C. The van der Waals surface area contributed by atoms with Gasteiger partial charge in [0.1, 0.15) is 0 Å². The Bertz CT molecular complexity index is 1030. The highest BCUT2D eigenvalue weighted by molar-refractivity contribution is 6.44. The van der Waals surface area contributed by atoms with Crippen LogP contribution in [0.4, 0.5) is 5.69 Å². The van der Waals surface area contributed by atoms with Gasteiger partial charge in [-0.2, -0.15) is 5.10 Å². The molecule has 122 valence electrons. The van der Waals surface area contributed by atoms with E-state index >= 15 is 0 Å². The molecule has 7 heteroatoms. The molecule has 3 aromatic rings. The third kappa shape index (κ3) is 2.88. The quantitative estimate of drug-likeness (QED) is 0.754. The molecule has 1 amide bonds. The average molecular weight is 362 g/mol. The fourth-order valence-corrected chi connectivity index (χ4v) is 2.77. The van der Waals surface area contributed by atoms with Crippen LogP contribution in [0.1, 0.15) is 16.1 Å². The number of aromatic nitrogens is 2. The van der Waals surface area contributed by atoms with Crippen molar-refractivity contribution in [1.29, 1.82) is 0 Å². The van der Waals surface area contributed by atoms with E-state index in [0.717, 1.165) is 5.56 Å². The van der Waals surface area contributed by atoms with Crippen molar-refractivity contribution in [2.75, 3.05) is 5.32 Å². The summed E-state index contributed by atoms with van der Waals surface area (Å²) in [5.74, 6) is -0.636. The molecule has 0 fully saturated rings. The zero-order valence-corrected chi connectivity index (χ0v) is 14.4. The molecule has 5 nitrogen and oxygen atoms in total. The van der Waals surface area contributed by atoms with Gasteiger partial charge in [-0.25, -0.2) is 0 Å². The number of fused-ring (bicyclic) bond motifs is 1. The van der Waals surface area contributed by atoms with E-state index in [9.17, 15) is 9.59 Å². The molecule has 2 aromatic carbocycles. The number of halogens is 2. The van der Waals surface area contributed by atoms with Gasteiger partial charge in [0.25, 0.3) is 5.91 Å². The van der Waals surface area contributed by atoms with Crippen LogP contribution in [0.3, 0.4) is 0 Å². The van der Waals surface area contributed by atoms with Crippen LogP contribution in [0, 0.1) is 6.92 Å². The molecule has 1 heterocycles. The molecule has 0 radical (unpaired) electrons. The second-order valence-corrected chi connectivity index (χ2v) is 6.16. The van der Waals surface area contributed by atoms with E-state index in [2.05, 4.69) is 10.4 Å². The van der Waals surface area contributed by atoms with Crippen molar-refractivity contribution in [1.82, 2.24) is 9.78 Å². The number of carbonyl (C=O) groups is 1. The number of nitrogens with one attached hydrogen (secondary N) is 1. The molecule has 0 saturated carbocycles.